The second-order valence-electron chi connectivity index (χ2n) is 4.72. The zero-order chi connectivity index (χ0) is 15.6. The first-order valence-corrected chi connectivity index (χ1v) is 8.64. The average Bonchev–Trinajstić information content (AvgIpc) is 2.84. The van der Waals surface area contributed by atoms with Gasteiger partial charge in [0.15, 0.2) is 0 Å². The van der Waals surface area contributed by atoms with Crippen LogP contribution < -0.4 is 10.5 Å². The van der Waals surface area contributed by atoms with Gasteiger partial charge < -0.3 is 5.32 Å². The van der Waals surface area contributed by atoms with Crippen LogP contribution in [0.5, 0.6) is 0 Å². The maximum atomic E-state index is 12.1. The van der Waals surface area contributed by atoms with E-state index in [0.717, 1.165) is 4.88 Å². The fourth-order valence-electron chi connectivity index (χ4n) is 1.87. The standard InChI is InChI=1S/C14H16N2O3S2/c1-9-6-7-13(20-9)14(17)16-10(2)11-4-3-5-12(8-11)21(15,18)19/h3-8,10H,1-2H3,(H,16,17)(H2,15,18,19)/t10-/m0/s1. The van der Waals surface area contributed by atoms with Crippen molar-refractivity contribution in [3.05, 3.63) is 51.7 Å². The summed E-state index contributed by atoms with van der Waals surface area (Å²) in [4.78, 5) is 13.8. The number of rotatable bonds is 4. The number of benzene rings is 1. The highest BCUT2D eigenvalue weighted by molar-refractivity contribution is 7.89. The lowest BCUT2D eigenvalue weighted by atomic mass is 10.1. The second kappa shape index (κ2) is 5.97. The molecule has 7 heteroatoms. The van der Waals surface area contributed by atoms with Gasteiger partial charge in [0, 0.05) is 4.88 Å². The van der Waals surface area contributed by atoms with Gasteiger partial charge in [-0.1, -0.05) is 12.1 Å². The van der Waals surface area contributed by atoms with Gasteiger partial charge in [0.2, 0.25) is 10.0 Å². The molecule has 0 fully saturated rings. The maximum absolute atomic E-state index is 12.1. The SMILES string of the molecule is Cc1ccc(C(=O)N[C@@H](C)c2cccc(S(N)(=O)=O)c2)s1. The summed E-state index contributed by atoms with van der Waals surface area (Å²) < 4.78 is 22.7. The first kappa shape index (κ1) is 15.7. The zero-order valence-corrected chi connectivity index (χ0v) is 13.3. The van der Waals surface area contributed by atoms with Crippen molar-refractivity contribution in [1.82, 2.24) is 5.32 Å². The molecule has 1 atom stereocenters. The Labute approximate surface area is 127 Å². The molecule has 3 N–H and O–H groups in total. The van der Waals surface area contributed by atoms with Crippen LogP contribution >= 0.6 is 11.3 Å². The molecule has 112 valence electrons. The Bertz CT molecular complexity index is 766. The number of nitrogens with one attached hydrogen (secondary N) is 1. The van der Waals surface area contributed by atoms with Crippen LogP contribution in [0, 0.1) is 6.92 Å². The minimum Gasteiger partial charge on any atom is -0.345 e. The maximum Gasteiger partial charge on any atom is 0.261 e. The minimum atomic E-state index is -3.75. The van der Waals surface area contributed by atoms with Gasteiger partial charge in [-0.3, -0.25) is 4.79 Å². The molecule has 5 nitrogen and oxygen atoms in total. The van der Waals surface area contributed by atoms with E-state index >= 15 is 0 Å². The number of carbonyl (C=O) groups excluding carboxylic acids is 1. The first-order chi connectivity index (χ1) is 9.77. The van der Waals surface area contributed by atoms with E-state index in [1.807, 2.05) is 13.0 Å². The summed E-state index contributed by atoms with van der Waals surface area (Å²) in [6.07, 6.45) is 0. The molecule has 0 aliphatic rings. The molecule has 0 aliphatic carbocycles. The molecular formula is C14H16N2O3S2. The molecule has 2 rings (SSSR count). The molecule has 1 amide bonds. The molecule has 0 aliphatic heterocycles. The highest BCUT2D eigenvalue weighted by atomic mass is 32.2. The van der Waals surface area contributed by atoms with Crippen LogP contribution in [0.2, 0.25) is 0 Å². The number of aryl methyl sites for hydroxylation is 1. The molecule has 0 spiro atoms. The number of primary sulfonamides is 1. The number of carbonyl (C=O) groups is 1. The second-order valence-corrected chi connectivity index (χ2v) is 7.57. The highest BCUT2D eigenvalue weighted by Gasteiger charge is 2.15. The zero-order valence-electron chi connectivity index (χ0n) is 11.7. The number of sulfonamides is 1. The van der Waals surface area contributed by atoms with Crippen molar-refractivity contribution < 1.29 is 13.2 Å². The van der Waals surface area contributed by atoms with Crippen LogP contribution in [0.1, 0.15) is 33.1 Å². The third-order valence-corrected chi connectivity index (χ3v) is 4.91. The molecule has 21 heavy (non-hydrogen) atoms. The van der Waals surface area contributed by atoms with E-state index in [1.54, 1.807) is 25.1 Å². The van der Waals surface area contributed by atoms with E-state index in [2.05, 4.69) is 5.32 Å². The molecule has 2 aromatic rings. The van der Waals surface area contributed by atoms with Crippen LogP contribution in [-0.4, -0.2) is 14.3 Å². The van der Waals surface area contributed by atoms with Gasteiger partial charge in [-0.05, 0) is 43.7 Å². The van der Waals surface area contributed by atoms with E-state index in [4.69, 9.17) is 5.14 Å². The Kier molecular flexibility index (Phi) is 4.46. The Morgan fingerprint density at radius 2 is 2.00 bits per heavy atom. The van der Waals surface area contributed by atoms with Gasteiger partial charge in [-0.15, -0.1) is 11.3 Å². The molecular weight excluding hydrogens is 308 g/mol. The monoisotopic (exact) mass is 324 g/mol. The molecule has 0 radical (unpaired) electrons. The molecule has 1 aromatic carbocycles. The van der Waals surface area contributed by atoms with E-state index in [1.165, 1.54) is 23.5 Å². The van der Waals surface area contributed by atoms with Crippen LogP contribution in [0.4, 0.5) is 0 Å². The molecule has 1 aromatic heterocycles. The molecule has 0 bridgehead atoms. The van der Waals surface area contributed by atoms with Gasteiger partial charge >= 0.3 is 0 Å². The Morgan fingerprint density at radius 1 is 1.29 bits per heavy atom. The van der Waals surface area contributed by atoms with Gasteiger partial charge in [0.25, 0.3) is 5.91 Å². The summed E-state index contributed by atoms with van der Waals surface area (Å²) in [5, 5.41) is 7.95. The fraction of sp³-hybridized carbons (Fsp3) is 0.214. The third kappa shape index (κ3) is 3.90. The minimum absolute atomic E-state index is 0.0352. The normalized spacial score (nSPS) is 12.9. The summed E-state index contributed by atoms with van der Waals surface area (Å²) in [6.45, 7) is 3.72. The Balaban J connectivity index is 2.17. The first-order valence-electron chi connectivity index (χ1n) is 6.27. The van der Waals surface area contributed by atoms with Crippen LogP contribution in [0.15, 0.2) is 41.3 Å². The predicted octanol–water partition coefficient (Wildman–Crippen LogP) is 2.19. The Morgan fingerprint density at radius 3 is 2.57 bits per heavy atom. The Hall–Kier alpha value is -1.70. The summed E-state index contributed by atoms with van der Waals surface area (Å²) >= 11 is 1.41. The number of thiophene rings is 1. The van der Waals surface area contributed by atoms with E-state index in [-0.39, 0.29) is 16.8 Å². The van der Waals surface area contributed by atoms with Gasteiger partial charge in [0.1, 0.15) is 0 Å². The van der Waals surface area contributed by atoms with Crippen molar-refractivity contribution in [2.24, 2.45) is 5.14 Å². The smallest absolute Gasteiger partial charge is 0.261 e. The van der Waals surface area contributed by atoms with Crippen LogP contribution in [-0.2, 0) is 10.0 Å². The van der Waals surface area contributed by atoms with Crippen molar-refractivity contribution in [3.8, 4) is 0 Å². The largest absolute Gasteiger partial charge is 0.345 e. The molecule has 0 unspecified atom stereocenters. The van der Waals surface area contributed by atoms with Crippen molar-refractivity contribution >= 4 is 27.3 Å². The predicted molar refractivity (Wildman–Crippen MR) is 82.8 cm³/mol. The van der Waals surface area contributed by atoms with E-state index in [0.29, 0.717) is 10.4 Å². The lowest BCUT2D eigenvalue weighted by Crippen LogP contribution is -2.26. The fourth-order valence-corrected chi connectivity index (χ4v) is 3.21. The molecule has 0 saturated heterocycles. The molecule has 1 heterocycles. The summed E-state index contributed by atoms with van der Waals surface area (Å²) in [5.41, 5.74) is 0.683. The summed E-state index contributed by atoms with van der Waals surface area (Å²) in [5.74, 6) is -0.179. The van der Waals surface area contributed by atoms with E-state index in [9.17, 15) is 13.2 Å². The number of nitrogens with two attached hydrogens (primary N) is 1. The van der Waals surface area contributed by atoms with Gasteiger partial charge in [-0.2, -0.15) is 0 Å². The quantitative estimate of drug-likeness (QED) is 0.903. The van der Waals surface area contributed by atoms with Gasteiger partial charge in [0.05, 0.1) is 15.8 Å². The average molecular weight is 324 g/mol. The summed E-state index contributed by atoms with van der Waals surface area (Å²) in [6, 6.07) is 9.58. The number of hydrogen-bond donors (Lipinski definition) is 2. The highest BCUT2D eigenvalue weighted by Crippen LogP contribution is 2.19. The summed E-state index contributed by atoms with van der Waals surface area (Å²) in [7, 11) is -3.75. The van der Waals surface area contributed by atoms with Crippen molar-refractivity contribution in [1.29, 1.82) is 0 Å². The lowest BCUT2D eigenvalue weighted by molar-refractivity contribution is 0.0944. The van der Waals surface area contributed by atoms with Crippen LogP contribution in [0.25, 0.3) is 0 Å². The van der Waals surface area contributed by atoms with Crippen molar-refractivity contribution in [2.75, 3.05) is 0 Å². The van der Waals surface area contributed by atoms with Crippen molar-refractivity contribution in [2.45, 2.75) is 24.8 Å². The van der Waals surface area contributed by atoms with Crippen LogP contribution in [0.3, 0.4) is 0 Å². The van der Waals surface area contributed by atoms with Gasteiger partial charge in [-0.25, -0.2) is 13.6 Å². The van der Waals surface area contributed by atoms with E-state index < -0.39 is 10.0 Å². The van der Waals surface area contributed by atoms with Crippen molar-refractivity contribution in [3.63, 3.8) is 0 Å². The lowest BCUT2D eigenvalue weighted by Gasteiger charge is -2.14. The number of amides is 1. The third-order valence-electron chi connectivity index (χ3n) is 3.00. The number of hydrogen-bond acceptors (Lipinski definition) is 4. The molecule has 0 saturated carbocycles. The topological polar surface area (TPSA) is 89.3 Å².